The summed E-state index contributed by atoms with van der Waals surface area (Å²) < 4.78 is 10.7. The van der Waals surface area contributed by atoms with E-state index < -0.39 is 0 Å². The molecule has 118 valence electrons. The third kappa shape index (κ3) is 8.53. The smallest absolute Gasteiger partial charge is 0.119 e. The van der Waals surface area contributed by atoms with Crippen molar-refractivity contribution >= 4 is 6.08 Å². The Labute approximate surface area is 129 Å². The Morgan fingerprint density at radius 3 is 2.57 bits per heavy atom. The lowest BCUT2D eigenvalue weighted by Gasteiger charge is -2.07. The molecule has 0 spiro atoms. The summed E-state index contributed by atoms with van der Waals surface area (Å²) in [7, 11) is 1.72. The van der Waals surface area contributed by atoms with Gasteiger partial charge < -0.3 is 14.8 Å². The number of hydrogen-bond acceptors (Lipinski definition) is 3. The SMILES string of the molecule is CCCCCOc1ccc(C=C(C)CNCCOC)cc1. The summed E-state index contributed by atoms with van der Waals surface area (Å²) >= 11 is 0. The molecule has 0 unspecified atom stereocenters. The van der Waals surface area contributed by atoms with Gasteiger partial charge in [-0.05, 0) is 31.0 Å². The van der Waals surface area contributed by atoms with Crippen LogP contribution in [0.4, 0.5) is 0 Å². The number of hydrogen-bond donors (Lipinski definition) is 1. The molecule has 1 N–H and O–H groups in total. The number of methoxy groups -OCH3 is 1. The molecule has 0 heterocycles. The Bertz CT molecular complexity index is 398. The van der Waals surface area contributed by atoms with Gasteiger partial charge in [-0.1, -0.05) is 43.5 Å². The van der Waals surface area contributed by atoms with E-state index in [1.807, 2.05) is 12.1 Å². The van der Waals surface area contributed by atoms with E-state index in [1.54, 1.807) is 7.11 Å². The van der Waals surface area contributed by atoms with Crippen molar-refractivity contribution in [3.63, 3.8) is 0 Å². The molecule has 0 bridgehead atoms. The van der Waals surface area contributed by atoms with E-state index >= 15 is 0 Å². The van der Waals surface area contributed by atoms with Crippen molar-refractivity contribution in [3.8, 4) is 5.75 Å². The largest absolute Gasteiger partial charge is 0.494 e. The van der Waals surface area contributed by atoms with Gasteiger partial charge in [-0.25, -0.2) is 0 Å². The fourth-order valence-corrected chi connectivity index (χ4v) is 2.00. The Morgan fingerprint density at radius 2 is 1.90 bits per heavy atom. The van der Waals surface area contributed by atoms with Gasteiger partial charge in [0.2, 0.25) is 0 Å². The Hall–Kier alpha value is -1.32. The minimum Gasteiger partial charge on any atom is -0.494 e. The summed E-state index contributed by atoms with van der Waals surface area (Å²) in [6.07, 6.45) is 5.78. The second-order valence-electron chi connectivity index (χ2n) is 5.28. The fourth-order valence-electron chi connectivity index (χ4n) is 2.00. The van der Waals surface area contributed by atoms with Crippen LogP contribution in [0.1, 0.15) is 38.7 Å². The normalized spacial score (nSPS) is 11.7. The monoisotopic (exact) mass is 291 g/mol. The summed E-state index contributed by atoms with van der Waals surface area (Å²) in [5.41, 5.74) is 2.52. The van der Waals surface area contributed by atoms with E-state index in [2.05, 4.69) is 37.4 Å². The molecule has 0 atom stereocenters. The van der Waals surface area contributed by atoms with Crippen LogP contribution in [0.5, 0.6) is 5.75 Å². The highest BCUT2D eigenvalue weighted by Crippen LogP contribution is 2.15. The second kappa shape index (κ2) is 11.4. The quantitative estimate of drug-likeness (QED) is 0.627. The summed E-state index contributed by atoms with van der Waals surface area (Å²) in [5.74, 6) is 0.958. The van der Waals surface area contributed by atoms with Gasteiger partial charge >= 0.3 is 0 Å². The van der Waals surface area contributed by atoms with E-state index in [-0.39, 0.29) is 0 Å². The van der Waals surface area contributed by atoms with Gasteiger partial charge in [-0.2, -0.15) is 0 Å². The highest BCUT2D eigenvalue weighted by Gasteiger charge is 1.96. The lowest BCUT2D eigenvalue weighted by molar-refractivity contribution is 0.200. The van der Waals surface area contributed by atoms with Gasteiger partial charge in [0.1, 0.15) is 5.75 Å². The molecule has 1 rings (SSSR count). The molecule has 0 aliphatic rings. The van der Waals surface area contributed by atoms with Crippen molar-refractivity contribution in [2.24, 2.45) is 0 Å². The number of ether oxygens (including phenoxy) is 2. The van der Waals surface area contributed by atoms with Crippen molar-refractivity contribution in [1.29, 1.82) is 0 Å². The molecule has 0 saturated carbocycles. The summed E-state index contributed by atoms with van der Waals surface area (Å²) in [4.78, 5) is 0. The van der Waals surface area contributed by atoms with Crippen molar-refractivity contribution in [1.82, 2.24) is 5.32 Å². The molecule has 3 nitrogen and oxygen atoms in total. The van der Waals surface area contributed by atoms with Crippen molar-refractivity contribution in [3.05, 3.63) is 35.4 Å². The Balaban J connectivity index is 2.35. The van der Waals surface area contributed by atoms with Crippen LogP contribution in [0.15, 0.2) is 29.8 Å². The first-order valence-corrected chi connectivity index (χ1v) is 7.86. The van der Waals surface area contributed by atoms with Crippen LogP contribution in [-0.2, 0) is 4.74 Å². The van der Waals surface area contributed by atoms with Crippen molar-refractivity contribution < 1.29 is 9.47 Å². The lowest BCUT2D eigenvalue weighted by Crippen LogP contribution is -2.20. The fraction of sp³-hybridized carbons (Fsp3) is 0.556. The predicted octanol–water partition coefficient (Wildman–Crippen LogP) is 3.89. The molecule has 0 aliphatic carbocycles. The summed E-state index contributed by atoms with van der Waals surface area (Å²) in [6.45, 7) is 7.66. The zero-order chi connectivity index (χ0) is 15.3. The van der Waals surface area contributed by atoms with Crippen LogP contribution in [0, 0.1) is 0 Å². The number of benzene rings is 1. The van der Waals surface area contributed by atoms with Crippen LogP contribution < -0.4 is 10.1 Å². The van der Waals surface area contributed by atoms with E-state index in [1.165, 1.54) is 24.0 Å². The molecule has 3 heteroatoms. The van der Waals surface area contributed by atoms with Crippen LogP contribution in [0.2, 0.25) is 0 Å². The molecule has 1 aromatic carbocycles. The summed E-state index contributed by atoms with van der Waals surface area (Å²) in [6, 6.07) is 8.30. The van der Waals surface area contributed by atoms with E-state index in [9.17, 15) is 0 Å². The first-order chi connectivity index (χ1) is 10.3. The van der Waals surface area contributed by atoms with E-state index in [0.29, 0.717) is 0 Å². The predicted molar refractivity (Wildman–Crippen MR) is 89.9 cm³/mol. The van der Waals surface area contributed by atoms with Crippen LogP contribution >= 0.6 is 0 Å². The minimum absolute atomic E-state index is 0.747. The molecule has 1 aromatic rings. The van der Waals surface area contributed by atoms with Crippen molar-refractivity contribution in [2.45, 2.75) is 33.1 Å². The van der Waals surface area contributed by atoms with E-state index in [0.717, 1.165) is 38.5 Å². The molecule has 0 aromatic heterocycles. The number of unbranched alkanes of at least 4 members (excludes halogenated alkanes) is 2. The van der Waals surface area contributed by atoms with Gasteiger partial charge in [-0.3, -0.25) is 0 Å². The maximum atomic E-state index is 5.71. The highest BCUT2D eigenvalue weighted by molar-refractivity contribution is 5.53. The molecule has 0 fully saturated rings. The molecule has 0 aliphatic heterocycles. The molecule has 0 radical (unpaired) electrons. The van der Waals surface area contributed by atoms with E-state index in [4.69, 9.17) is 9.47 Å². The summed E-state index contributed by atoms with van der Waals surface area (Å²) in [5, 5.41) is 3.34. The van der Waals surface area contributed by atoms with Crippen molar-refractivity contribution in [2.75, 3.05) is 33.4 Å². The lowest BCUT2D eigenvalue weighted by atomic mass is 10.1. The molecular weight excluding hydrogens is 262 g/mol. The van der Waals surface area contributed by atoms with Gasteiger partial charge in [0.15, 0.2) is 0 Å². The topological polar surface area (TPSA) is 30.5 Å². The average Bonchev–Trinajstić information content (AvgIpc) is 2.50. The third-order valence-corrected chi connectivity index (χ3v) is 3.20. The highest BCUT2D eigenvalue weighted by atomic mass is 16.5. The van der Waals surface area contributed by atoms with Crippen LogP contribution in [0.25, 0.3) is 6.08 Å². The zero-order valence-electron chi connectivity index (χ0n) is 13.7. The molecular formula is C18H29NO2. The first-order valence-electron chi connectivity index (χ1n) is 7.86. The maximum absolute atomic E-state index is 5.71. The molecule has 0 amide bonds. The second-order valence-corrected chi connectivity index (χ2v) is 5.28. The Kier molecular flexibility index (Phi) is 9.58. The van der Waals surface area contributed by atoms with Gasteiger partial charge in [0.05, 0.1) is 13.2 Å². The number of nitrogens with one attached hydrogen (secondary N) is 1. The van der Waals surface area contributed by atoms with Gasteiger partial charge in [0.25, 0.3) is 0 Å². The first kappa shape index (κ1) is 17.7. The van der Waals surface area contributed by atoms with Gasteiger partial charge in [-0.15, -0.1) is 0 Å². The Morgan fingerprint density at radius 1 is 1.14 bits per heavy atom. The maximum Gasteiger partial charge on any atom is 0.119 e. The third-order valence-electron chi connectivity index (χ3n) is 3.20. The average molecular weight is 291 g/mol. The number of rotatable bonds is 11. The zero-order valence-corrected chi connectivity index (χ0v) is 13.7. The van der Waals surface area contributed by atoms with Gasteiger partial charge in [0, 0.05) is 20.2 Å². The molecule has 21 heavy (non-hydrogen) atoms. The minimum atomic E-state index is 0.747. The van der Waals surface area contributed by atoms with Crippen LogP contribution in [0.3, 0.4) is 0 Å². The van der Waals surface area contributed by atoms with Crippen LogP contribution in [-0.4, -0.2) is 33.4 Å². The molecule has 0 saturated heterocycles. The standard InChI is InChI=1S/C18H29NO2/c1-4-5-6-12-21-18-9-7-17(8-10-18)14-16(2)15-19-11-13-20-3/h7-10,14,19H,4-6,11-13,15H2,1-3H3.